The normalized spacial score (nSPS) is 30.4. The molecule has 0 radical (unpaired) electrons. The lowest BCUT2D eigenvalue weighted by atomic mass is 10.0. The van der Waals surface area contributed by atoms with Crippen LogP contribution in [0, 0.1) is 0 Å². The predicted molar refractivity (Wildman–Crippen MR) is 80.0 cm³/mol. The van der Waals surface area contributed by atoms with Gasteiger partial charge in [0.2, 0.25) is 0 Å². The molecule has 2 heterocycles. The van der Waals surface area contributed by atoms with Crippen LogP contribution in [0.5, 0.6) is 5.75 Å². The Morgan fingerprint density at radius 3 is 2.55 bits per heavy atom. The van der Waals surface area contributed by atoms with Crippen LogP contribution in [-0.2, 0) is 19.0 Å². The number of benzene rings is 1. The summed E-state index contributed by atoms with van der Waals surface area (Å²) in [6.45, 7) is 6.50. The van der Waals surface area contributed by atoms with E-state index in [1.807, 2.05) is 12.1 Å². The van der Waals surface area contributed by atoms with E-state index < -0.39 is 0 Å². The van der Waals surface area contributed by atoms with E-state index in [9.17, 15) is 4.79 Å². The first-order chi connectivity index (χ1) is 10.5. The lowest BCUT2D eigenvalue weighted by molar-refractivity contribution is -0.150. The Morgan fingerprint density at radius 1 is 1.18 bits per heavy atom. The quantitative estimate of drug-likeness (QED) is 0.799. The topological polar surface area (TPSA) is 54.0 Å². The summed E-state index contributed by atoms with van der Waals surface area (Å²) in [4.78, 5) is 11.1. The molecule has 0 aromatic heterocycles. The average molecular weight is 306 g/mol. The Morgan fingerprint density at radius 2 is 1.86 bits per heavy atom. The number of rotatable bonds is 4. The van der Waals surface area contributed by atoms with Gasteiger partial charge in [0.15, 0.2) is 12.2 Å². The van der Waals surface area contributed by atoms with Crippen molar-refractivity contribution in [3.8, 4) is 5.75 Å². The summed E-state index contributed by atoms with van der Waals surface area (Å²) in [5, 5.41) is 0. The molecule has 2 saturated heterocycles. The van der Waals surface area contributed by atoms with Crippen molar-refractivity contribution >= 4 is 5.97 Å². The van der Waals surface area contributed by atoms with Crippen LogP contribution in [0.3, 0.4) is 0 Å². The van der Waals surface area contributed by atoms with Crippen LogP contribution in [0.1, 0.15) is 32.3 Å². The van der Waals surface area contributed by atoms with Gasteiger partial charge in [0.1, 0.15) is 18.0 Å². The molecular formula is C17H22O5. The first-order valence-electron chi connectivity index (χ1n) is 7.71. The zero-order chi connectivity index (χ0) is 15.7. The van der Waals surface area contributed by atoms with E-state index in [1.165, 1.54) is 12.5 Å². The van der Waals surface area contributed by atoms with Crippen LogP contribution in [0.25, 0.3) is 0 Å². The fourth-order valence-electron chi connectivity index (χ4n) is 2.97. The van der Waals surface area contributed by atoms with Crippen LogP contribution < -0.4 is 4.74 Å². The second-order valence-corrected chi connectivity index (χ2v) is 6.13. The van der Waals surface area contributed by atoms with E-state index in [0.717, 1.165) is 5.75 Å². The molecular weight excluding hydrogens is 284 g/mol. The molecule has 2 aliphatic rings. The third kappa shape index (κ3) is 3.10. The maximum absolute atomic E-state index is 11.1. The standard InChI is InChI=1S/C17H22O5/c1-10(2)12-5-4-6-13(7-12)22-15-9-20-16-14(21-11(3)18)8-19-17(15)16/h4-7,10,14-17H,8-9H2,1-3H3/t14-,15?,16+,17+/m0/s1. The van der Waals surface area contributed by atoms with E-state index in [-0.39, 0.29) is 30.4 Å². The molecule has 0 saturated carbocycles. The minimum atomic E-state index is -0.335. The zero-order valence-electron chi connectivity index (χ0n) is 13.2. The summed E-state index contributed by atoms with van der Waals surface area (Å²) in [6, 6.07) is 8.08. The summed E-state index contributed by atoms with van der Waals surface area (Å²) >= 11 is 0. The number of carbonyl (C=O) groups excluding carboxylic acids is 1. The molecule has 2 aliphatic heterocycles. The Kier molecular flexibility index (Phi) is 4.36. The largest absolute Gasteiger partial charge is 0.485 e. The van der Waals surface area contributed by atoms with Gasteiger partial charge < -0.3 is 18.9 Å². The minimum absolute atomic E-state index is 0.173. The monoisotopic (exact) mass is 306 g/mol. The highest BCUT2D eigenvalue weighted by Gasteiger charge is 2.50. The molecule has 4 atom stereocenters. The first kappa shape index (κ1) is 15.3. The number of ether oxygens (including phenoxy) is 4. The molecule has 22 heavy (non-hydrogen) atoms. The van der Waals surface area contributed by atoms with Crippen molar-refractivity contribution in [2.24, 2.45) is 0 Å². The second-order valence-electron chi connectivity index (χ2n) is 6.13. The average Bonchev–Trinajstić information content (AvgIpc) is 3.03. The van der Waals surface area contributed by atoms with Crippen LogP contribution in [-0.4, -0.2) is 43.6 Å². The molecule has 0 spiro atoms. The summed E-state index contributed by atoms with van der Waals surface area (Å²) in [5.41, 5.74) is 1.23. The van der Waals surface area contributed by atoms with Crippen molar-refractivity contribution in [1.29, 1.82) is 0 Å². The fourth-order valence-corrected chi connectivity index (χ4v) is 2.97. The molecule has 0 bridgehead atoms. The third-order valence-electron chi connectivity index (χ3n) is 4.09. The second kappa shape index (κ2) is 6.26. The lowest BCUT2D eigenvalue weighted by Crippen LogP contribution is -2.36. The smallest absolute Gasteiger partial charge is 0.303 e. The van der Waals surface area contributed by atoms with Crippen LogP contribution >= 0.6 is 0 Å². The molecule has 5 heteroatoms. The van der Waals surface area contributed by atoms with Crippen molar-refractivity contribution in [3.05, 3.63) is 29.8 Å². The Balaban J connectivity index is 1.65. The van der Waals surface area contributed by atoms with Gasteiger partial charge in [-0.3, -0.25) is 4.79 Å². The third-order valence-corrected chi connectivity index (χ3v) is 4.09. The SMILES string of the molecule is CC(=O)O[C@H]1CO[C@@H]2C(Oc3cccc(C(C)C)c3)CO[C@H]12. The van der Waals surface area contributed by atoms with E-state index in [0.29, 0.717) is 19.1 Å². The van der Waals surface area contributed by atoms with Crippen molar-refractivity contribution in [2.45, 2.75) is 51.1 Å². The molecule has 2 fully saturated rings. The maximum atomic E-state index is 11.1. The maximum Gasteiger partial charge on any atom is 0.303 e. The molecule has 1 unspecified atom stereocenters. The molecule has 1 aromatic rings. The van der Waals surface area contributed by atoms with Gasteiger partial charge in [-0.05, 0) is 23.6 Å². The highest BCUT2D eigenvalue weighted by Crippen LogP contribution is 2.32. The van der Waals surface area contributed by atoms with Crippen LogP contribution in [0.4, 0.5) is 0 Å². The molecule has 3 rings (SSSR count). The Hall–Kier alpha value is -1.59. The van der Waals surface area contributed by atoms with E-state index >= 15 is 0 Å². The Bertz CT molecular complexity index is 542. The van der Waals surface area contributed by atoms with Gasteiger partial charge in [-0.2, -0.15) is 0 Å². The molecule has 1 aromatic carbocycles. The summed E-state index contributed by atoms with van der Waals surface area (Å²) in [6.07, 6.45) is -0.930. The summed E-state index contributed by atoms with van der Waals surface area (Å²) in [7, 11) is 0. The van der Waals surface area contributed by atoms with Crippen LogP contribution in [0.15, 0.2) is 24.3 Å². The fraction of sp³-hybridized carbons (Fsp3) is 0.588. The molecule has 5 nitrogen and oxygen atoms in total. The highest BCUT2D eigenvalue weighted by molar-refractivity contribution is 5.66. The number of esters is 1. The molecule has 120 valence electrons. The summed E-state index contributed by atoms with van der Waals surface area (Å²) in [5.74, 6) is 0.957. The number of fused-ring (bicyclic) bond motifs is 1. The van der Waals surface area contributed by atoms with Crippen molar-refractivity contribution in [3.63, 3.8) is 0 Å². The van der Waals surface area contributed by atoms with Gasteiger partial charge in [-0.25, -0.2) is 0 Å². The Labute approximate surface area is 130 Å². The van der Waals surface area contributed by atoms with Gasteiger partial charge >= 0.3 is 5.97 Å². The summed E-state index contributed by atoms with van der Waals surface area (Å²) < 4.78 is 22.7. The zero-order valence-corrected chi connectivity index (χ0v) is 13.2. The van der Waals surface area contributed by atoms with E-state index in [2.05, 4.69) is 26.0 Å². The number of carbonyl (C=O) groups is 1. The molecule has 0 amide bonds. The number of hydrogen-bond acceptors (Lipinski definition) is 5. The van der Waals surface area contributed by atoms with Gasteiger partial charge in [0, 0.05) is 6.92 Å². The van der Waals surface area contributed by atoms with Crippen LogP contribution in [0.2, 0.25) is 0 Å². The van der Waals surface area contributed by atoms with Crippen molar-refractivity contribution in [2.75, 3.05) is 13.2 Å². The highest BCUT2D eigenvalue weighted by atomic mass is 16.7. The van der Waals surface area contributed by atoms with Gasteiger partial charge in [0.25, 0.3) is 0 Å². The van der Waals surface area contributed by atoms with E-state index in [4.69, 9.17) is 18.9 Å². The van der Waals surface area contributed by atoms with Crippen molar-refractivity contribution < 1.29 is 23.7 Å². The predicted octanol–water partition coefficient (Wildman–Crippen LogP) is 2.29. The van der Waals surface area contributed by atoms with Gasteiger partial charge in [0.05, 0.1) is 13.2 Å². The molecule has 0 aliphatic carbocycles. The number of hydrogen-bond donors (Lipinski definition) is 0. The first-order valence-corrected chi connectivity index (χ1v) is 7.71. The van der Waals surface area contributed by atoms with Gasteiger partial charge in [-0.15, -0.1) is 0 Å². The minimum Gasteiger partial charge on any atom is -0.485 e. The molecule has 0 N–H and O–H groups in total. The van der Waals surface area contributed by atoms with E-state index in [1.54, 1.807) is 0 Å². The van der Waals surface area contributed by atoms with Gasteiger partial charge in [-0.1, -0.05) is 26.0 Å². The van der Waals surface area contributed by atoms with Crippen molar-refractivity contribution in [1.82, 2.24) is 0 Å². The lowest BCUT2D eigenvalue weighted by Gasteiger charge is -2.19.